The van der Waals surface area contributed by atoms with Crippen LogP contribution >= 0.6 is 23.2 Å². The molecule has 3 heterocycles. The Kier molecular flexibility index (Phi) is 6.06. The second-order valence-corrected chi connectivity index (χ2v) is 8.76. The second-order valence-electron chi connectivity index (χ2n) is 7.98. The van der Waals surface area contributed by atoms with E-state index in [0.717, 1.165) is 22.4 Å². The molecule has 172 valence electrons. The maximum Gasteiger partial charge on any atom is 0.436 e. The van der Waals surface area contributed by atoms with Crippen LogP contribution in [0.3, 0.4) is 0 Å². The van der Waals surface area contributed by atoms with Crippen molar-refractivity contribution in [1.29, 1.82) is 0 Å². The first-order chi connectivity index (χ1) is 15.1. The maximum absolute atomic E-state index is 13.0. The summed E-state index contributed by atoms with van der Waals surface area (Å²) in [5.41, 5.74) is 1.14. The van der Waals surface area contributed by atoms with E-state index in [2.05, 4.69) is 16.2 Å². The summed E-state index contributed by atoms with van der Waals surface area (Å²) in [7, 11) is 1.57. The molecule has 0 bridgehead atoms. The summed E-state index contributed by atoms with van der Waals surface area (Å²) in [5.74, 6) is 0.530. The summed E-state index contributed by atoms with van der Waals surface area (Å²) in [6.07, 6.45) is -2.61. The van der Waals surface area contributed by atoms with Gasteiger partial charge in [-0.15, -0.1) is 0 Å². The lowest BCUT2D eigenvalue weighted by Gasteiger charge is -2.21. The fraction of sp³-hybridized carbons (Fsp3) is 0.429. The summed E-state index contributed by atoms with van der Waals surface area (Å²) >= 11 is 11.9. The SMILES string of the molecule is COc1cc(CN2C=C3CN(C(=O)Cn4nc(C(F)(F)F)c(Cl)c4C)CC3C2)ccc1Cl. The number of halogens is 5. The van der Waals surface area contributed by atoms with Gasteiger partial charge in [0, 0.05) is 38.3 Å². The highest BCUT2D eigenvalue weighted by Gasteiger charge is 2.39. The van der Waals surface area contributed by atoms with Gasteiger partial charge in [0.05, 0.1) is 22.8 Å². The van der Waals surface area contributed by atoms with E-state index < -0.39 is 16.9 Å². The Morgan fingerprint density at radius 2 is 2.03 bits per heavy atom. The molecule has 1 amide bonds. The Balaban J connectivity index is 1.39. The summed E-state index contributed by atoms with van der Waals surface area (Å²) in [6, 6.07) is 5.64. The lowest BCUT2D eigenvalue weighted by atomic mass is 10.1. The van der Waals surface area contributed by atoms with Crippen molar-refractivity contribution in [3.05, 3.63) is 57.0 Å². The van der Waals surface area contributed by atoms with E-state index in [1.165, 1.54) is 6.92 Å². The first-order valence-corrected chi connectivity index (χ1v) is 10.7. The molecule has 0 radical (unpaired) electrons. The Bertz CT molecular complexity index is 1080. The van der Waals surface area contributed by atoms with E-state index in [1.54, 1.807) is 18.1 Å². The van der Waals surface area contributed by atoms with Crippen molar-refractivity contribution in [3.8, 4) is 5.75 Å². The molecule has 32 heavy (non-hydrogen) atoms. The second kappa shape index (κ2) is 8.51. The summed E-state index contributed by atoms with van der Waals surface area (Å²) in [6.45, 7) is 3.55. The van der Waals surface area contributed by atoms with Crippen LogP contribution in [-0.4, -0.2) is 52.2 Å². The van der Waals surface area contributed by atoms with Gasteiger partial charge in [0.15, 0.2) is 5.69 Å². The van der Waals surface area contributed by atoms with Crippen LogP contribution in [0.1, 0.15) is 17.0 Å². The van der Waals surface area contributed by atoms with Gasteiger partial charge in [-0.05, 0) is 30.2 Å². The smallest absolute Gasteiger partial charge is 0.436 e. The number of carbonyl (C=O) groups excluding carboxylic acids is 1. The summed E-state index contributed by atoms with van der Waals surface area (Å²) in [5, 5.41) is 3.60. The normalized spacial score (nSPS) is 18.2. The number of hydrogen-bond donors (Lipinski definition) is 0. The molecule has 2 aliphatic rings. The number of hydrogen-bond acceptors (Lipinski definition) is 4. The number of aromatic nitrogens is 2. The first kappa shape index (κ1) is 22.8. The fourth-order valence-electron chi connectivity index (χ4n) is 4.11. The van der Waals surface area contributed by atoms with Gasteiger partial charge < -0.3 is 14.5 Å². The predicted molar refractivity (Wildman–Crippen MR) is 114 cm³/mol. The Morgan fingerprint density at radius 3 is 2.66 bits per heavy atom. The molecular weight excluding hydrogens is 468 g/mol. The van der Waals surface area contributed by atoms with E-state index in [9.17, 15) is 18.0 Å². The molecule has 0 saturated carbocycles. The van der Waals surface area contributed by atoms with Crippen molar-refractivity contribution in [2.75, 3.05) is 26.7 Å². The molecule has 0 N–H and O–H groups in total. The van der Waals surface area contributed by atoms with Gasteiger partial charge in [0.2, 0.25) is 5.91 Å². The number of methoxy groups -OCH3 is 1. The number of benzene rings is 1. The number of fused-ring (bicyclic) bond motifs is 1. The lowest BCUT2D eigenvalue weighted by molar-refractivity contribution is -0.142. The van der Waals surface area contributed by atoms with E-state index in [0.29, 0.717) is 30.4 Å². The number of nitrogens with zero attached hydrogens (tertiary/aromatic N) is 4. The van der Waals surface area contributed by atoms with Gasteiger partial charge in [-0.25, -0.2) is 0 Å². The van der Waals surface area contributed by atoms with E-state index in [-0.39, 0.29) is 24.1 Å². The maximum atomic E-state index is 13.0. The first-order valence-electron chi connectivity index (χ1n) is 9.91. The third-order valence-electron chi connectivity index (χ3n) is 5.78. The monoisotopic (exact) mass is 488 g/mol. The van der Waals surface area contributed by atoms with E-state index in [1.807, 2.05) is 12.1 Å². The van der Waals surface area contributed by atoms with Gasteiger partial charge in [0.1, 0.15) is 12.3 Å². The molecule has 2 aromatic rings. The van der Waals surface area contributed by atoms with Crippen molar-refractivity contribution in [2.45, 2.75) is 26.2 Å². The average molecular weight is 489 g/mol. The Labute approximate surface area is 193 Å². The van der Waals surface area contributed by atoms with E-state index >= 15 is 0 Å². The highest BCUT2D eigenvalue weighted by atomic mass is 35.5. The van der Waals surface area contributed by atoms with Crippen molar-refractivity contribution in [1.82, 2.24) is 19.6 Å². The highest BCUT2D eigenvalue weighted by Crippen LogP contribution is 2.36. The van der Waals surface area contributed by atoms with Gasteiger partial charge in [-0.2, -0.15) is 18.3 Å². The van der Waals surface area contributed by atoms with Crippen LogP contribution in [0.5, 0.6) is 5.75 Å². The van der Waals surface area contributed by atoms with E-state index in [4.69, 9.17) is 27.9 Å². The van der Waals surface area contributed by atoms with Crippen LogP contribution in [-0.2, 0) is 24.1 Å². The average Bonchev–Trinajstić information content (AvgIpc) is 3.36. The standard InChI is InChI=1S/C21H21Cl2F3N4O2/c1-12-19(23)20(21(24,25)26)27-30(12)11-18(31)29-9-14-7-28(8-15(14)10-29)6-13-3-4-16(22)17(5-13)32-2/h3-5,7,15H,6,8-11H2,1-2H3. The minimum atomic E-state index is -4.66. The van der Waals surface area contributed by atoms with Crippen LogP contribution in [0.25, 0.3) is 0 Å². The molecule has 11 heteroatoms. The molecule has 6 nitrogen and oxygen atoms in total. The molecule has 0 aliphatic carbocycles. The van der Waals surface area contributed by atoms with Crippen LogP contribution in [0.4, 0.5) is 13.2 Å². The Morgan fingerprint density at radius 1 is 1.28 bits per heavy atom. The summed E-state index contributed by atoms with van der Waals surface area (Å²) < 4.78 is 45.3. The fourth-order valence-corrected chi connectivity index (χ4v) is 4.55. The number of likely N-dealkylation sites (tertiary alicyclic amines) is 1. The van der Waals surface area contributed by atoms with Crippen molar-refractivity contribution >= 4 is 29.1 Å². The zero-order chi connectivity index (χ0) is 23.2. The molecular formula is C21H21Cl2F3N4O2. The van der Waals surface area contributed by atoms with Gasteiger partial charge in [0.25, 0.3) is 0 Å². The van der Waals surface area contributed by atoms with Crippen molar-refractivity contribution in [3.63, 3.8) is 0 Å². The molecule has 1 atom stereocenters. The number of ether oxygens (including phenoxy) is 1. The minimum Gasteiger partial charge on any atom is -0.495 e. The molecule has 4 rings (SSSR count). The molecule has 1 aromatic carbocycles. The number of alkyl halides is 3. The molecule has 1 aromatic heterocycles. The van der Waals surface area contributed by atoms with Gasteiger partial charge >= 0.3 is 6.18 Å². The van der Waals surface area contributed by atoms with Crippen LogP contribution in [0.2, 0.25) is 10.0 Å². The van der Waals surface area contributed by atoms with Crippen molar-refractivity contribution in [2.24, 2.45) is 5.92 Å². The van der Waals surface area contributed by atoms with Crippen LogP contribution < -0.4 is 4.74 Å². The van der Waals surface area contributed by atoms with Gasteiger partial charge in [-0.3, -0.25) is 9.48 Å². The largest absolute Gasteiger partial charge is 0.495 e. The molecule has 0 spiro atoms. The Hall–Kier alpha value is -2.39. The molecule has 1 unspecified atom stereocenters. The zero-order valence-corrected chi connectivity index (χ0v) is 18.9. The predicted octanol–water partition coefficient (Wildman–Crippen LogP) is 4.38. The van der Waals surface area contributed by atoms with Crippen LogP contribution in [0.15, 0.2) is 30.0 Å². The lowest BCUT2D eigenvalue weighted by Crippen LogP contribution is -2.34. The van der Waals surface area contributed by atoms with Crippen LogP contribution in [0, 0.1) is 12.8 Å². The molecule has 1 saturated heterocycles. The summed E-state index contributed by atoms with van der Waals surface area (Å²) in [4.78, 5) is 16.5. The number of carbonyl (C=O) groups is 1. The topological polar surface area (TPSA) is 50.6 Å². The molecule has 1 fully saturated rings. The quantitative estimate of drug-likeness (QED) is 0.626. The third kappa shape index (κ3) is 4.41. The van der Waals surface area contributed by atoms with Gasteiger partial charge in [-0.1, -0.05) is 29.3 Å². The third-order valence-corrected chi connectivity index (χ3v) is 6.55. The molecule has 2 aliphatic heterocycles. The highest BCUT2D eigenvalue weighted by molar-refractivity contribution is 6.32. The number of rotatable bonds is 5. The zero-order valence-electron chi connectivity index (χ0n) is 17.4. The number of amides is 1. The van der Waals surface area contributed by atoms with Crippen molar-refractivity contribution < 1.29 is 22.7 Å². The minimum absolute atomic E-state index is 0.121.